The van der Waals surface area contributed by atoms with E-state index in [4.69, 9.17) is 18.5 Å². The molecule has 0 bridgehead atoms. The summed E-state index contributed by atoms with van der Waals surface area (Å²) in [5.74, 6) is -0.828. The number of hydrogen-bond donors (Lipinski definition) is 0. The molecule has 10 heteroatoms. The van der Waals surface area contributed by atoms with Crippen molar-refractivity contribution in [2.75, 3.05) is 47.5 Å². The molecule has 0 amide bonds. The van der Waals surface area contributed by atoms with Crippen LogP contribution in [0.2, 0.25) is 0 Å². The summed E-state index contributed by atoms with van der Waals surface area (Å²) in [7, 11) is 1.17. The minimum atomic E-state index is -4.62. The molecule has 0 aromatic rings. The normalized spacial score (nSPS) is 13.6. The summed E-state index contributed by atoms with van der Waals surface area (Å²) in [6.45, 7) is 4.25. The molecule has 0 radical (unpaired) electrons. The fourth-order valence-electron chi connectivity index (χ4n) is 6.59. The van der Waals surface area contributed by atoms with E-state index in [-0.39, 0.29) is 32.0 Å². The third kappa shape index (κ3) is 42.4. The number of nitrogens with zero attached hydrogens (tertiary/aromatic N) is 1. The maximum absolute atomic E-state index is 12.7. The van der Waals surface area contributed by atoms with Crippen molar-refractivity contribution < 1.29 is 42.1 Å². The van der Waals surface area contributed by atoms with E-state index in [1.54, 1.807) is 0 Å². The van der Waals surface area contributed by atoms with E-state index < -0.39 is 26.5 Å². The highest BCUT2D eigenvalue weighted by Crippen LogP contribution is 2.38. The number of likely N-dealkylation sites (N-methyl/N-ethyl adjacent to an activating group) is 1. The summed E-state index contributed by atoms with van der Waals surface area (Å²) >= 11 is 0. The lowest BCUT2D eigenvalue weighted by atomic mass is 10.0. The Kier molecular flexibility index (Phi) is 38.3. The molecule has 0 rings (SSSR count). The minimum Gasteiger partial charge on any atom is -0.756 e. The molecular weight excluding hydrogens is 725 g/mol. The smallest absolute Gasteiger partial charge is 0.306 e. The van der Waals surface area contributed by atoms with E-state index in [2.05, 4.69) is 26.0 Å². The standard InChI is InChI=1S/C46H90NO8P/c1-6-8-10-12-14-16-18-20-22-23-25-27-29-31-33-35-37-39-46(49)55-44(43-54-56(50,51)53-41-40-47(3,4)5)42-52-45(48)38-36-34-32-30-28-26-24-21-19-17-15-13-11-9-7-2/h20,22,44H,6-19,21,23-43H2,1-5H3/b22-20-. The van der Waals surface area contributed by atoms with Crippen LogP contribution in [0, 0.1) is 0 Å². The molecule has 2 unspecified atom stereocenters. The molecule has 0 fully saturated rings. The number of unbranched alkanes of at least 4 members (excludes halogenated alkanes) is 27. The quantitative estimate of drug-likeness (QED) is 0.0197. The molecule has 0 aromatic heterocycles. The second-order valence-electron chi connectivity index (χ2n) is 17.1. The summed E-state index contributed by atoms with van der Waals surface area (Å²) in [4.78, 5) is 37.6. The van der Waals surface area contributed by atoms with Gasteiger partial charge in [0.15, 0.2) is 6.10 Å². The van der Waals surface area contributed by atoms with Gasteiger partial charge in [-0.2, -0.15) is 0 Å². The molecule has 0 aliphatic heterocycles. The van der Waals surface area contributed by atoms with Crippen LogP contribution in [0.4, 0.5) is 0 Å². The van der Waals surface area contributed by atoms with Crippen molar-refractivity contribution in [3.05, 3.63) is 12.2 Å². The van der Waals surface area contributed by atoms with E-state index in [1.165, 1.54) is 141 Å². The number of carbonyl (C=O) groups is 2. The Labute approximate surface area is 346 Å². The van der Waals surface area contributed by atoms with E-state index >= 15 is 0 Å². The highest BCUT2D eigenvalue weighted by atomic mass is 31.2. The van der Waals surface area contributed by atoms with Crippen LogP contribution in [-0.4, -0.2) is 70.0 Å². The van der Waals surface area contributed by atoms with Gasteiger partial charge in [0, 0.05) is 12.8 Å². The van der Waals surface area contributed by atoms with Gasteiger partial charge in [0.05, 0.1) is 27.7 Å². The molecule has 2 atom stereocenters. The van der Waals surface area contributed by atoms with Crippen molar-refractivity contribution in [2.24, 2.45) is 0 Å². The molecule has 0 aliphatic rings. The highest BCUT2D eigenvalue weighted by Gasteiger charge is 2.21. The van der Waals surface area contributed by atoms with Crippen LogP contribution in [0.1, 0.15) is 219 Å². The second kappa shape index (κ2) is 39.2. The predicted molar refractivity (Wildman–Crippen MR) is 231 cm³/mol. The van der Waals surface area contributed by atoms with Gasteiger partial charge in [0.2, 0.25) is 0 Å². The molecule has 0 aromatic carbocycles. The first-order valence-electron chi connectivity index (χ1n) is 23.4. The molecule has 0 heterocycles. The highest BCUT2D eigenvalue weighted by molar-refractivity contribution is 7.45. The lowest BCUT2D eigenvalue weighted by Crippen LogP contribution is -2.37. The first-order valence-corrected chi connectivity index (χ1v) is 24.9. The van der Waals surface area contributed by atoms with Crippen LogP contribution < -0.4 is 4.89 Å². The topological polar surface area (TPSA) is 111 Å². The first-order chi connectivity index (χ1) is 27.0. The maximum atomic E-state index is 12.7. The Bertz CT molecular complexity index is 969. The van der Waals surface area contributed by atoms with Crippen molar-refractivity contribution in [3.63, 3.8) is 0 Å². The Morgan fingerprint density at radius 3 is 1.32 bits per heavy atom. The van der Waals surface area contributed by atoms with Gasteiger partial charge in [-0.1, -0.05) is 180 Å². The molecule has 0 spiro atoms. The largest absolute Gasteiger partial charge is 0.756 e. The van der Waals surface area contributed by atoms with Gasteiger partial charge in [0.1, 0.15) is 19.8 Å². The third-order valence-electron chi connectivity index (χ3n) is 10.3. The lowest BCUT2D eigenvalue weighted by Gasteiger charge is -2.28. The summed E-state index contributed by atoms with van der Waals surface area (Å²) in [5, 5.41) is 0. The van der Waals surface area contributed by atoms with E-state index in [0.29, 0.717) is 17.4 Å². The molecular formula is C46H90NO8P. The van der Waals surface area contributed by atoms with Crippen LogP contribution in [0.25, 0.3) is 0 Å². The van der Waals surface area contributed by atoms with E-state index in [0.717, 1.165) is 44.9 Å². The number of allylic oxidation sites excluding steroid dienone is 2. The number of hydrogen-bond acceptors (Lipinski definition) is 8. The number of phosphoric ester groups is 1. The number of carbonyl (C=O) groups excluding carboxylic acids is 2. The molecule has 0 aliphatic carbocycles. The zero-order chi connectivity index (χ0) is 41.4. The Hall–Kier alpha value is -1.25. The van der Waals surface area contributed by atoms with Gasteiger partial charge in [-0.05, 0) is 38.5 Å². The van der Waals surface area contributed by atoms with Gasteiger partial charge in [-0.3, -0.25) is 14.2 Å². The summed E-state index contributed by atoms with van der Waals surface area (Å²) in [6, 6.07) is 0. The molecule has 0 saturated heterocycles. The molecule has 0 N–H and O–H groups in total. The zero-order valence-electron chi connectivity index (χ0n) is 37.3. The van der Waals surface area contributed by atoms with Crippen LogP contribution >= 0.6 is 7.82 Å². The number of esters is 2. The SMILES string of the molecule is CCCCCCCC/C=C\CCCCCCCCCC(=O)OC(COC(=O)CCCCCCCCCCCCCCCCC)COP(=O)([O-])OCC[N+](C)(C)C. The van der Waals surface area contributed by atoms with Gasteiger partial charge >= 0.3 is 11.9 Å². The van der Waals surface area contributed by atoms with Crippen molar-refractivity contribution in [1.29, 1.82) is 0 Å². The summed E-state index contributed by atoms with van der Waals surface area (Å²) < 4.78 is 34.0. The maximum Gasteiger partial charge on any atom is 0.306 e. The van der Waals surface area contributed by atoms with Crippen LogP contribution in [-0.2, 0) is 32.7 Å². The fraction of sp³-hybridized carbons (Fsp3) is 0.913. The second-order valence-corrected chi connectivity index (χ2v) is 18.5. The number of phosphoric acid groups is 1. The summed E-state index contributed by atoms with van der Waals surface area (Å²) in [5.41, 5.74) is 0. The monoisotopic (exact) mass is 816 g/mol. The van der Waals surface area contributed by atoms with Gasteiger partial charge < -0.3 is 27.9 Å². The minimum absolute atomic E-state index is 0.0284. The number of ether oxygens (including phenoxy) is 2. The van der Waals surface area contributed by atoms with Crippen molar-refractivity contribution in [2.45, 2.75) is 225 Å². The Morgan fingerprint density at radius 1 is 0.536 bits per heavy atom. The fourth-order valence-corrected chi connectivity index (χ4v) is 7.32. The Balaban J connectivity index is 4.30. The first kappa shape index (κ1) is 54.8. The van der Waals surface area contributed by atoms with Crippen molar-refractivity contribution in [3.8, 4) is 0 Å². The van der Waals surface area contributed by atoms with Crippen molar-refractivity contribution >= 4 is 19.8 Å². The molecule has 0 saturated carbocycles. The zero-order valence-corrected chi connectivity index (χ0v) is 38.2. The third-order valence-corrected chi connectivity index (χ3v) is 11.2. The molecule has 9 nitrogen and oxygen atoms in total. The average Bonchev–Trinajstić information content (AvgIpc) is 3.15. The van der Waals surface area contributed by atoms with Crippen molar-refractivity contribution in [1.82, 2.24) is 0 Å². The van der Waals surface area contributed by atoms with Gasteiger partial charge in [-0.25, -0.2) is 0 Å². The van der Waals surface area contributed by atoms with Crippen LogP contribution in [0.15, 0.2) is 12.2 Å². The van der Waals surface area contributed by atoms with Crippen LogP contribution in [0.5, 0.6) is 0 Å². The number of rotatable bonds is 43. The van der Waals surface area contributed by atoms with E-state index in [9.17, 15) is 19.0 Å². The summed E-state index contributed by atoms with van der Waals surface area (Å²) in [6.07, 6.45) is 40.9. The average molecular weight is 816 g/mol. The van der Waals surface area contributed by atoms with Crippen LogP contribution in [0.3, 0.4) is 0 Å². The predicted octanol–water partition coefficient (Wildman–Crippen LogP) is 12.7. The molecule has 56 heavy (non-hydrogen) atoms. The number of quaternary nitrogens is 1. The lowest BCUT2D eigenvalue weighted by molar-refractivity contribution is -0.870. The Morgan fingerprint density at radius 2 is 0.911 bits per heavy atom. The van der Waals surface area contributed by atoms with Gasteiger partial charge in [0.25, 0.3) is 7.82 Å². The van der Waals surface area contributed by atoms with Gasteiger partial charge in [-0.15, -0.1) is 0 Å². The van der Waals surface area contributed by atoms with E-state index in [1.807, 2.05) is 21.1 Å². The molecule has 332 valence electrons.